The van der Waals surface area contributed by atoms with Crippen LogP contribution in [0.5, 0.6) is 0 Å². The molecule has 18 heavy (non-hydrogen) atoms. The van der Waals surface area contributed by atoms with Gasteiger partial charge in [-0.1, -0.05) is 12.8 Å². The highest BCUT2D eigenvalue weighted by molar-refractivity contribution is 5.81. The summed E-state index contributed by atoms with van der Waals surface area (Å²) in [5.74, 6) is -2.74. The summed E-state index contributed by atoms with van der Waals surface area (Å²) in [6.07, 6.45) is -1.91. The number of amides is 1. The van der Waals surface area contributed by atoms with Gasteiger partial charge in [-0.25, -0.2) is 0 Å². The molecule has 0 bridgehead atoms. The molecule has 4 nitrogen and oxygen atoms in total. The van der Waals surface area contributed by atoms with Crippen LogP contribution < -0.4 is 5.32 Å². The molecule has 0 spiro atoms. The largest absolute Gasteiger partial charge is 0.481 e. The number of hydrogen-bond donors (Lipinski definition) is 2. The normalized spacial score (nSPS) is 24.6. The van der Waals surface area contributed by atoms with Crippen LogP contribution in [0.2, 0.25) is 0 Å². The predicted octanol–water partition coefficient (Wildman–Crippen LogP) is 2.09. The number of hydrogen-bond acceptors (Lipinski definition) is 2. The predicted molar refractivity (Wildman–Crippen MR) is 56.8 cm³/mol. The van der Waals surface area contributed by atoms with E-state index in [1.807, 2.05) is 5.32 Å². The van der Waals surface area contributed by atoms with Gasteiger partial charge in [0, 0.05) is 12.5 Å². The highest BCUT2D eigenvalue weighted by Crippen LogP contribution is 2.28. The van der Waals surface area contributed by atoms with E-state index in [1.54, 1.807) is 0 Å². The summed E-state index contributed by atoms with van der Waals surface area (Å²) in [6.45, 7) is 0. The molecule has 0 heterocycles. The first-order chi connectivity index (χ1) is 8.29. The van der Waals surface area contributed by atoms with Crippen molar-refractivity contribution in [3.8, 4) is 0 Å². The molecule has 2 N–H and O–H groups in total. The van der Waals surface area contributed by atoms with Gasteiger partial charge in [-0.2, -0.15) is 13.2 Å². The molecular formula is C11H16F3NO3. The Morgan fingerprint density at radius 3 is 2.50 bits per heavy atom. The van der Waals surface area contributed by atoms with Gasteiger partial charge in [-0.15, -0.1) is 0 Å². The van der Waals surface area contributed by atoms with Crippen LogP contribution in [0.4, 0.5) is 13.2 Å². The summed E-state index contributed by atoms with van der Waals surface area (Å²) in [4.78, 5) is 21.2. The molecule has 0 aromatic carbocycles. The number of carboxylic acid groups (broad SMARTS) is 1. The molecule has 1 saturated carbocycles. The topological polar surface area (TPSA) is 66.4 Å². The van der Waals surface area contributed by atoms with Crippen molar-refractivity contribution in [3.05, 3.63) is 0 Å². The number of carbonyl (C=O) groups excluding carboxylic acids is 1. The second-order valence-electron chi connectivity index (χ2n) is 4.63. The number of carboxylic acids is 1. The van der Waals surface area contributed by atoms with Crippen LogP contribution in [-0.4, -0.2) is 29.2 Å². The van der Waals surface area contributed by atoms with E-state index < -0.39 is 24.1 Å². The Kier molecular flexibility index (Phi) is 4.98. The number of rotatable bonds is 4. The van der Waals surface area contributed by atoms with Crippen LogP contribution >= 0.6 is 0 Å². The van der Waals surface area contributed by atoms with Crippen LogP contribution in [-0.2, 0) is 9.59 Å². The van der Waals surface area contributed by atoms with Crippen molar-refractivity contribution in [1.82, 2.24) is 5.32 Å². The fraction of sp³-hybridized carbons (Fsp3) is 0.818. The zero-order valence-corrected chi connectivity index (χ0v) is 9.79. The van der Waals surface area contributed by atoms with E-state index in [0.29, 0.717) is 25.7 Å². The van der Waals surface area contributed by atoms with E-state index in [9.17, 15) is 22.8 Å². The maximum absolute atomic E-state index is 12.1. The zero-order valence-electron chi connectivity index (χ0n) is 9.79. The molecule has 1 amide bonds. The van der Waals surface area contributed by atoms with Gasteiger partial charge in [0.15, 0.2) is 0 Å². The summed E-state index contributed by atoms with van der Waals surface area (Å²) >= 11 is 0. The Morgan fingerprint density at radius 2 is 1.94 bits per heavy atom. The van der Waals surface area contributed by atoms with Crippen LogP contribution in [0, 0.1) is 5.92 Å². The van der Waals surface area contributed by atoms with E-state index in [4.69, 9.17) is 5.11 Å². The third kappa shape index (κ3) is 4.93. The van der Waals surface area contributed by atoms with E-state index in [1.165, 1.54) is 0 Å². The standard InChI is InChI=1S/C11H16F3NO3/c12-11(13,14)10(18)15-8-3-1-2-7(6-8)4-5-9(16)17/h7-8H,1-6H2,(H,15,18)(H,16,17)/t7-,8-/m0/s1. The van der Waals surface area contributed by atoms with Crippen LogP contribution in [0.25, 0.3) is 0 Å². The molecule has 2 atom stereocenters. The number of halogens is 3. The average Bonchev–Trinajstić information content (AvgIpc) is 2.25. The summed E-state index contributed by atoms with van der Waals surface area (Å²) < 4.78 is 36.2. The average molecular weight is 267 g/mol. The van der Waals surface area contributed by atoms with Gasteiger partial charge in [-0.05, 0) is 25.2 Å². The number of nitrogens with one attached hydrogen (secondary N) is 1. The van der Waals surface area contributed by atoms with Gasteiger partial charge >= 0.3 is 18.1 Å². The fourth-order valence-electron chi connectivity index (χ4n) is 2.28. The lowest BCUT2D eigenvalue weighted by Crippen LogP contribution is -2.45. The van der Waals surface area contributed by atoms with E-state index in [2.05, 4.69) is 0 Å². The van der Waals surface area contributed by atoms with Gasteiger partial charge in [0.25, 0.3) is 0 Å². The lowest BCUT2D eigenvalue weighted by atomic mass is 9.83. The van der Waals surface area contributed by atoms with Crippen molar-refractivity contribution >= 4 is 11.9 Å². The van der Waals surface area contributed by atoms with E-state index in [0.717, 1.165) is 6.42 Å². The Hall–Kier alpha value is -1.27. The third-order valence-corrected chi connectivity index (χ3v) is 3.14. The van der Waals surface area contributed by atoms with Crippen molar-refractivity contribution in [2.45, 2.75) is 50.7 Å². The summed E-state index contributed by atoms with van der Waals surface area (Å²) in [7, 11) is 0. The Balaban J connectivity index is 2.39. The molecule has 0 saturated heterocycles. The molecule has 1 aliphatic rings. The quantitative estimate of drug-likeness (QED) is 0.819. The molecular weight excluding hydrogens is 251 g/mol. The Morgan fingerprint density at radius 1 is 1.28 bits per heavy atom. The minimum Gasteiger partial charge on any atom is -0.481 e. The molecule has 0 aromatic rings. The van der Waals surface area contributed by atoms with Crippen molar-refractivity contribution in [2.75, 3.05) is 0 Å². The highest BCUT2D eigenvalue weighted by atomic mass is 19.4. The second-order valence-corrected chi connectivity index (χ2v) is 4.63. The molecule has 1 aliphatic carbocycles. The first-order valence-corrected chi connectivity index (χ1v) is 5.88. The van der Waals surface area contributed by atoms with Crippen LogP contribution in [0.1, 0.15) is 38.5 Å². The van der Waals surface area contributed by atoms with Gasteiger partial charge in [0.05, 0.1) is 0 Å². The number of carbonyl (C=O) groups is 2. The van der Waals surface area contributed by atoms with Crippen molar-refractivity contribution in [3.63, 3.8) is 0 Å². The van der Waals surface area contributed by atoms with Crippen molar-refractivity contribution in [1.29, 1.82) is 0 Å². The molecule has 0 unspecified atom stereocenters. The molecule has 104 valence electrons. The molecule has 7 heteroatoms. The minimum absolute atomic E-state index is 0.0185. The maximum Gasteiger partial charge on any atom is 0.471 e. The lowest BCUT2D eigenvalue weighted by molar-refractivity contribution is -0.174. The Labute approximate surface area is 103 Å². The van der Waals surface area contributed by atoms with Crippen molar-refractivity contribution < 1.29 is 27.9 Å². The SMILES string of the molecule is O=C(O)CC[C@@H]1CCC[C@H](NC(=O)C(F)(F)F)C1. The maximum atomic E-state index is 12.1. The minimum atomic E-state index is -4.85. The summed E-state index contributed by atoms with van der Waals surface area (Å²) in [6, 6.07) is -0.494. The van der Waals surface area contributed by atoms with Crippen LogP contribution in [0.3, 0.4) is 0 Å². The smallest absolute Gasteiger partial charge is 0.471 e. The second kappa shape index (κ2) is 6.06. The summed E-state index contributed by atoms with van der Waals surface area (Å²) in [5, 5.41) is 10.5. The first kappa shape index (κ1) is 14.8. The molecule has 0 aliphatic heterocycles. The lowest BCUT2D eigenvalue weighted by Gasteiger charge is -2.29. The first-order valence-electron chi connectivity index (χ1n) is 5.88. The zero-order chi connectivity index (χ0) is 13.8. The summed E-state index contributed by atoms with van der Waals surface area (Å²) in [5.41, 5.74) is 0. The monoisotopic (exact) mass is 267 g/mol. The molecule has 1 fully saturated rings. The number of aliphatic carboxylic acids is 1. The third-order valence-electron chi connectivity index (χ3n) is 3.14. The van der Waals surface area contributed by atoms with Crippen molar-refractivity contribution in [2.24, 2.45) is 5.92 Å². The van der Waals surface area contributed by atoms with Crippen LogP contribution in [0.15, 0.2) is 0 Å². The van der Waals surface area contributed by atoms with Gasteiger partial charge in [-0.3, -0.25) is 9.59 Å². The molecule has 1 rings (SSSR count). The van der Waals surface area contributed by atoms with E-state index in [-0.39, 0.29) is 12.3 Å². The number of alkyl halides is 3. The Bertz CT molecular complexity index is 317. The van der Waals surface area contributed by atoms with Gasteiger partial charge in [0.1, 0.15) is 0 Å². The van der Waals surface area contributed by atoms with Gasteiger partial charge in [0.2, 0.25) is 0 Å². The fourth-order valence-corrected chi connectivity index (χ4v) is 2.28. The van der Waals surface area contributed by atoms with Gasteiger partial charge < -0.3 is 10.4 Å². The molecule has 0 aromatic heterocycles. The molecule has 0 radical (unpaired) electrons. The highest BCUT2D eigenvalue weighted by Gasteiger charge is 2.40. The van der Waals surface area contributed by atoms with E-state index >= 15 is 0 Å².